The lowest BCUT2D eigenvalue weighted by atomic mass is 10.3. The first-order chi connectivity index (χ1) is 8.11. The average Bonchev–Trinajstić information content (AvgIpc) is 2.72. The summed E-state index contributed by atoms with van der Waals surface area (Å²) in [6.07, 6.45) is 6.78. The van der Waals surface area contributed by atoms with Crippen LogP contribution in [0.15, 0.2) is 27.9 Å². The van der Waals surface area contributed by atoms with E-state index in [0.717, 1.165) is 12.6 Å². The molecule has 2 heterocycles. The summed E-state index contributed by atoms with van der Waals surface area (Å²) in [5, 5.41) is 0. The number of aromatic amines is 1. The summed E-state index contributed by atoms with van der Waals surface area (Å²) in [5.41, 5.74) is -0.299. The number of rotatable bonds is 3. The molecular formula is C11H15N2O3P. The molecule has 1 aliphatic rings. The van der Waals surface area contributed by atoms with Gasteiger partial charge in [-0.15, -0.1) is 9.24 Å². The zero-order valence-electron chi connectivity index (χ0n) is 9.55. The Balaban J connectivity index is 2.26. The van der Waals surface area contributed by atoms with Crippen LogP contribution in [-0.4, -0.2) is 21.8 Å². The van der Waals surface area contributed by atoms with Crippen LogP contribution in [-0.2, 0) is 4.74 Å². The minimum atomic E-state index is -0.443. The Bertz CT molecular complexity index is 546. The van der Waals surface area contributed by atoms with Gasteiger partial charge >= 0.3 is 5.69 Å². The fourth-order valence-electron chi connectivity index (χ4n) is 1.75. The molecule has 0 bridgehead atoms. The van der Waals surface area contributed by atoms with Crippen molar-refractivity contribution < 1.29 is 4.74 Å². The molecule has 5 nitrogen and oxygen atoms in total. The molecular weight excluding hydrogens is 239 g/mol. The molecule has 1 aromatic heterocycles. The third-order valence-electron chi connectivity index (χ3n) is 2.68. The van der Waals surface area contributed by atoms with Crippen molar-refractivity contribution in [1.29, 1.82) is 0 Å². The zero-order chi connectivity index (χ0) is 12.4. The van der Waals surface area contributed by atoms with Crippen LogP contribution in [0.2, 0.25) is 0 Å². The lowest BCUT2D eigenvalue weighted by molar-refractivity contribution is 0.0145. The second-order valence-electron chi connectivity index (χ2n) is 4.01. The van der Waals surface area contributed by atoms with E-state index in [1.165, 1.54) is 10.8 Å². The molecule has 0 aromatic carbocycles. The van der Waals surface area contributed by atoms with Crippen LogP contribution in [0.25, 0.3) is 0 Å². The van der Waals surface area contributed by atoms with Crippen molar-refractivity contribution in [3.63, 3.8) is 0 Å². The number of aryl methyl sites for hydroxylation is 1. The third kappa shape index (κ3) is 2.56. The molecule has 0 saturated carbocycles. The summed E-state index contributed by atoms with van der Waals surface area (Å²) in [7, 11) is 2.64. The normalized spacial score (nSPS) is 23.2. The molecule has 1 aromatic rings. The summed E-state index contributed by atoms with van der Waals surface area (Å²) in [5.74, 6) is 0. The summed E-state index contributed by atoms with van der Waals surface area (Å²) in [6, 6.07) is 0. The van der Waals surface area contributed by atoms with Crippen molar-refractivity contribution in [2.24, 2.45) is 0 Å². The van der Waals surface area contributed by atoms with Gasteiger partial charge in [-0.25, -0.2) is 4.79 Å². The van der Waals surface area contributed by atoms with E-state index in [2.05, 4.69) is 14.2 Å². The van der Waals surface area contributed by atoms with E-state index in [4.69, 9.17) is 4.74 Å². The maximum Gasteiger partial charge on any atom is 0.330 e. The van der Waals surface area contributed by atoms with E-state index in [0.29, 0.717) is 5.56 Å². The molecule has 2 rings (SSSR count). The molecule has 6 heteroatoms. The van der Waals surface area contributed by atoms with Crippen LogP contribution in [0.1, 0.15) is 18.2 Å². The second kappa shape index (κ2) is 4.98. The standard InChI is InChI=1S/C11H15N2O3P/c1-7-6-13(11(15)12-10(7)14)9-3-2-8(16-9)4-5-17/h2-3,6,8-9H,4-5,17H2,1H3,(H,12,14,15)/t8-,9+/m0/s1. The van der Waals surface area contributed by atoms with Crippen molar-refractivity contribution in [2.45, 2.75) is 25.7 Å². The fraction of sp³-hybridized carbons (Fsp3) is 0.455. The van der Waals surface area contributed by atoms with Gasteiger partial charge in [0.25, 0.3) is 5.56 Å². The first kappa shape index (κ1) is 12.3. The smallest absolute Gasteiger partial charge is 0.330 e. The highest BCUT2D eigenvalue weighted by Gasteiger charge is 2.21. The van der Waals surface area contributed by atoms with Gasteiger partial charge in [0.1, 0.15) is 0 Å². The second-order valence-corrected chi connectivity index (χ2v) is 4.58. The van der Waals surface area contributed by atoms with Crippen molar-refractivity contribution in [1.82, 2.24) is 9.55 Å². The molecule has 1 aliphatic heterocycles. The lowest BCUT2D eigenvalue weighted by Gasteiger charge is -2.15. The Labute approximate surface area is 101 Å². The Morgan fingerprint density at radius 1 is 1.47 bits per heavy atom. The first-order valence-electron chi connectivity index (χ1n) is 5.47. The molecule has 0 radical (unpaired) electrons. The number of aromatic nitrogens is 2. The van der Waals surface area contributed by atoms with Crippen LogP contribution < -0.4 is 11.2 Å². The molecule has 0 aliphatic carbocycles. The van der Waals surface area contributed by atoms with Gasteiger partial charge in [0.05, 0.1) is 6.10 Å². The minimum Gasteiger partial charge on any atom is -0.347 e. The molecule has 3 atom stereocenters. The molecule has 92 valence electrons. The average molecular weight is 254 g/mol. The van der Waals surface area contributed by atoms with Gasteiger partial charge in [0, 0.05) is 11.8 Å². The molecule has 0 amide bonds. The van der Waals surface area contributed by atoms with E-state index >= 15 is 0 Å². The zero-order valence-corrected chi connectivity index (χ0v) is 10.7. The number of hydrogen-bond donors (Lipinski definition) is 1. The fourth-order valence-corrected chi connectivity index (χ4v) is 2.08. The first-order valence-corrected chi connectivity index (χ1v) is 6.29. The van der Waals surface area contributed by atoms with E-state index < -0.39 is 11.9 Å². The van der Waals surface area contributed by atoms with Crippen molar-refractivity contribution in [3.05, 3.63) is 44.8 Å². The monoisotopic (exact) mass is 254 g/mol. The summed E-state index contributed by atoms with van der Waals surface area (Å²) in [4.78, 5) is 25.1. The Hall–Kier alpha value is -1.19. The van der Waals surface area contributed by atoms with Crippen LogP contribution in [0, 0.1) is 6.92 Å². The molecule has 0 spiro atoms. The third-order valence-corrected chi connectivity index (χ3v) is 3.01. The number of ether oxygens (including phenoxy) is 1. The Morgan fingerprint density at radius 3 is 2.94 bits per heavy atom. The predicted octanol–water partition coefficient (Wildman–Crippen LogP) is 0.564. The van der Waals surface area contributed by atoms with Crippen molar-refractivity contribution in [2.75, 3.05) is 6.16 Å². The quantitative estimate of drug-likeness (QED) is 0.633. The number of nitrogens with one attached hydrogen (secondary N) is 1. The van der Waals surface area contributed by atoms with Gasteiger partial charge in [-0.3, -0.25) is 14.3 Å². The predicted molar refractivity (Wildman–Crippen MR) is 68.3 cm³/mol. The van der Waals surface area contributed by atoms with E-state index in [1.54, 1.807) is 6.92 Å². The van der Waals surface area contributed by atoms with Crippen molar-refractivity contribution in [3.8, 4) is 0 Å². The number of H-pyrrole nitrogens is 1. The molecule has 1 unspecified atom stereocenters. The largest absolute Gasteiger partial charge is 0.347 e. The van der Waals surface area contributed by atoms with Crippen LogP contribution in [0.3, 0.4) is 0 Å². The van der Waals surface area contributed by atoms with Gasteiger partial charge in [0.15, 0.2) is 6.23 Å². The Morgan fingerprint density at radius 2 is 2.24 bits per heavy atom. The highest BCUT2D eigenvalue weighted by Crippen LogP contribution is 2.21. The highest BCUT2D eigenvalue weighted by molar-refractivity contribution is 7.16. The SMILES string of the molecule is Cc1cn([C@H]2C=C[C@@H](CCP)O2)c(=O)[nH]c1=O. The summed E-state index contributed by atoms with van der Waals surface area (Å²) < 4.78 is 7.08. The maximum atomic E-state index is 11.6. The van der Waals surface area contributed by atoms with Crippen LogP contribution in [0.5, 0.6) is 0 Å². The van der Waals surface area contributed by atoms with Gasteiger partial charge in [-0.2, -0.15) is 0 Å². The number of hydrogen-bond acceptors (Lipinski definition) is 3. The number of nitrogens with zero attached hydrogens (tertiary/aromatic N) is 1. The highest BCUT2D eigenvalue weighted by atomic mass is 31.0. The molecule has 0 saturated heterocycles. The minimum absolute atomic E-state index is 0.0386. The van der Waals surface area contributed by atoms with E-state index in [1.807, 2.05) is 12.2 Å². The van der Waals surface area contributed by atoms with Crippen LogP contribution >= 0.6 is 9.24 Å². The molecule has 0 fully saturated rings. The Kier molecular flexibility index (Phi) is 3.60. The van der Waals surface area contributed by atoms with Gasteiger partial charge < -0.3 is 4.74 Å². The van der Waals surface area contributed by atoms with Crippen LogP contribution in [0.4, 0.5) is 0 Å². The molecule has 1 N–H and O–H groups in total. The van der Waals surface area contributed by atoms with E-state index in [-0.39, 0.29) is 11.7 Å². The van der Waals surface area contributed by atoms with Gasteiger partial charge in [-0.1, -0.05) is 6.08 Å². The lowest BCUT2D eigenvalue weighted by Crippen LogP contribution is -2.33. The molecule has 17 heavy (non-hydrogen) atoms. The van der Waals surface area contributed by atoms with Gasteiger partial charge in [-0.05, 0) is 25.6 Å². The maximum absolute atomic E-state index is 11.6. The van der Waals surface area contributed by atoms with E-state index in [9.17, 15) is 9.59 Å². The summed E-state index contributed by atoms with van der Waals surface area (Å²) in [6.45, 7) is 1.66. The summed E-state index contributed by atoms with van der Waals surface area (Å²) >= 11 is 0. The van der Waals surface area contributed by atoms with Gasteiger partial charge in [0.2, 0.25) is 0 Å². The van der Waals surface area contributed by atoms with Crippen molar-refractivity contribution >= 4 is 9.24 Å². The topological polar surface area (TPSA) is 64.1 Å².